The fourth-order valence-electron chi connectivity index (χ4n) is 1.31. The van der Waals surface area contributed by atoms with E-state index in [0.717, 1.165) is 12.8 Å². The first-order valence-corrected chi connectivity index (χ1v) is 4.11. The predicted molar refractivity (Wildman–Crippen MR) is 45.2 cm³/mol. The summed E-state index contributed by atoms with van der Waals surface area (Å²) in [6.07, 6.45) is 3.73. The Morgan fingerprint density at radius 2 is 2.18 bits per heavy atom. The number of carbonyl (C=O) groups is 1. The van der Waals surface area contributed by atoms with Crippen molar-refractivity contribution in [1.29, 1.82) is 0 Å². The highest BCUT2D eigenvalue weighted by Gasteiger charge is 2.32. The molecule has 0 aromatic carbocycles. The zero-order chi connectivity index (χ0) is 8.43. The van der Waals surface area contributed by atoms with E-state index in [0.29, 0.717) is 12.1 Å². The van der Waals surface area contributed by atoms with E-state index < -0.39 is 0 Å². The molecule has 1 amide bonds. The third-order valence-electron chi connectivity index (χ3n) is 1.93. The molecule has 0 aliphatic heterocycles. The van der Waals surface area contributed by atoms with E-state index in [-0.39, 0.29) is 5.91 Å². The van der Waals surface area contributed by atoms with Crippen LogP contribution in [-0.2, 0) is 4.79 Å². The van der Waals surface area contributed by atoms with Crippen LogP contribution in [0.1, 0.15) is 26.7 Å². The van der Waals surface area contributed by atoms with Gasteiger partial charge in [-0.25, -0.2) is 0 Å². The molecule has 1 saturated carbocycles. The van der Waals surface area contributed by atoms with Crippen molar-refractivity contribution < 1.29 is 4.79 Å². The van der Waals surface area contributed by atoms with Crippen molar-refractivity contribution in [2.75, 3.05) is 0 Å². The minimum atomic E-state index is 0.0718. The summed E-state index contributed by atoms with van der Waals surface area (Å²) in [5.74, 6) is 0.0718. The lowest BCUT2D eigenvalue weighted by molar-refractivity contribution is -0.128. The molecule has 0 bridgehead atoms. The Morgan fingerprint density at radius 1 is 1.64 bits per heavy atom. The number of hydrogen-bond donors (Lipinski definition) is 0. The van der Waals surface area contributed by atoms with Crippen molar-refractivity contribution >= 4 is 5.91 Å². The Morgan fingerprint density at radius 3 is 2.45 bits per heavy atom. The number of carbonyl (C=O) groups excluding carboxylic acids is 1. The largest absolute Gasteiger partial charge is 0.334 e. The Labute approximate surface area is 67.9 Å². The summed E-state index contributed by atoms with van der Waals surface area (Å²) >= 11 is 0. The van der Waals surface area contributed by atoms with Crippen LogP contribution in [0.4, 0.5) is 0 Å². The van der Waals surface area contributed by atoms with Crippen molar-refractivity contribution in [2.45, 2.75) is 38.8 Å². The van der Waals surface area contributed by atoms with Gasteiger partial charge in [-0.05, 0) is 32.8 Å². The summed E-state index contributed by atoms with van der Waals surface area (Å²) in [6.45, 7) is 7.57. The summed E-state index contributed by atoms with van der Waals surface area (Å²) in [5, 5.41) is 0. The normalized spacial score (nSPS) is 16.6. The lowest BCUT2D eigenvalue weighted by Crippen LogP contribution is -2.37. The summed E-state index contributed by atoms with van der Waals surface area (Å²) in [5.41, 5.74) is 0. The quantitative estimate of drug-likeness (QED) is 0.563. The molecule has 2 nitrogen and oxygen atoms in total. The average Bonchev–Trinajstić information content (AvgIpc) is 2.71. The predicted octanol–water partition coefficient (Wildman–Crippen LogP) is 1.57. The average molecular weight is 153 g/mol. The molecule has 0 spiro atoms. The van der Waals surface area contributed by atoms with Gasteiger partial charge in [0.25, 0.3) is 0 Å². The number of amides is 1. The number of hydrogen-bond acceptors (Lipinski definition) is 1. The van der Waals surface area contributed by atoms with Crippen molar-refractivity contribution in [3.05, 3.63) is 12.7 Å². The van der Waals surface area contributed by atoms with Gasteiger partial charge in [-0.15, -0.1) is 0 Å². The second kappa shape index (κ2) is 3.07. The van der Waals surface area contributed by atoms with Gasteiger partial charge < -0.3 is 4.90 Å². The lowest BCUT2D eigenvalue weighted by atomic mass is 10.3. The molecule has 1 aliphatic rings. The first kappa shape index (κ1) is 8.31. The molecule has 1 aliphatic carbocycles. The fourth-order valence-corrected chi connectivity index (χ4v) is 1.31. The first-order valence-electron chi connectivity index (χ1n) is 4.11. The highest BCUT2D eigenvalue weighted by molar-refractivity contribution is 5.87. The Bertz CT molecular complexity index is 168. The van der Waals surface area contributed by atoms with E-state index in [2.05, 4.69) is 6.58 Å². The lowest BCUT2D eigenvalue weighted by Gasteiger charge is -2.24. The standard InChI is InChI=1S/C9H15NO/c1-4-9(11)10(7(2)3)8-5-6-8/h4,7-8H,1,5-6H2,2-3H3. The first-order chi connectivity index (χ1) is 5.16. The molecule has 62 valence electrons. The molecule has 0 unspecified atom stereocenters. The SMILES string of the molecule is C=CC(=O)N(C(C)C)C1CC1. The summed E-state index contributed by atoms with van der Waals surface area (Å²) in [7, 11) is 0. The van der Waals surface area contributed by atoms with Crippen LogP contribution in [0.5, 0.6) is 0 Å². The van der Waals surface area contributed by atoms with Gasteiger partial charge in [0, 0.05) is 12.1 Å². The van der Waals surface area contributed by atoms with E-state index in [1.54, 1.807) is 0 Å². The zero-order valence-corrected chi connectivity index (χ0v) is 7.21. The minimum absolute atomic E-state index is 0.0718. The van der Waals surface area contributed by atoms with Crippen LogP contribution < -0.4 is 0 Å². The molecule has 0 aromatic rings. The molecule has 1 fully saturated rings. The van der Waals surface area contributed by atoms with Crippen LogP contribution in [0.3, 0.4) is 0 Å². The van der Waals surface area contributed by atoms with Crippen LogP contribution in [0.2, 0.25) is 0 Å². The smallest absolute Gasteiger partial charge is 0.246 e. The van der Waals surface area contributed by atoms with E-state index in [4.69, 9.17) is 0 Å². The van der Waals surface area contributed by atoms with Gasteiger partial charge >= 0.3 is 0 Å². The molecule has 11 heavy (non-hydrogen) atoms. The second-order valence-corrected chi connectivity index (χ2v) is 3.27. The van der Waals surface area contributed by atoms with Gasteiger partial charge in [0.05, 0.1) is 0 Å². The molecule has 0 N–H and O–H groups in total. The summed E-state index contributed by atoms with van der Waals surface area (Å²) in [6, 6.07) is 0.813. The van der Waals surface area contributed by atoms with Crippen molar-refractivity contribution in [2.24, 2.45) is 0 Å². The molecular formula is C9H15NO. The highest BCUT2D eigenvalue weighted by atomic mass is 16.2. The number of rotatable bonds is 3. The van der Waals surface area contributed by atoms with Crippen molar-refractivity contribution in [3.63, 3.8) is 0 Å². The maximum Gasteiger partial charge on any atom is 0.246 e. The van der Waals surface area contributed by atoms with E-state index in [9.17, 15) is 4.79 Å². The van der Waals surface area contributed by atoms with Gasteiger partial charge in [0.15, 0.2) is 0 Å². The van der Waals surface area contributed by atoms with Gasteiger partial charge in [0.2, 0.25) is 5.91 Å². The molecule has 0 heterocycles. The topological polar surface area (TPSA) is 20.3 Å². The van der Waals surface area contributed by atoms with E-state index in [1.165, 1.54) is 6.08 Å². The molecule has 0 atom stereocenters. The maximum atomic E-state index is 11.2. The Hall–Kier alpha value is -0.790. The molecule has 0 aromatic heterocycles. The molecule has 0 radical (unpaired) electrons. The highest BCUT2D eigenvalue weighted by Crippen LogP contribution is 2.28. The van der Waals surface area contributed by atoms with Gasteiger partial charge in [-0.2, -0.15) is 0 Å². The summed E-state index contributed by atoms with van der Waals surface area (Å²) < 4.78 is 0. The molecule has 1 rings (SSSR count). The molecule has 2 heteroatoms. The third-order valence-corrected chi connectivity index (χ3v) is 1.93. The number of nitrogens with zero attached hydrogens (tertiary/aromatic N) is 1. The van der Waals surface area contributed by atoms with Crippen LogP contribution in [0.25, 0.3) is 0 Å². The van der Waals surface area contributed by atoms with Gasteiger partial charge in [-0.1, -0.05) is 6.58 Å². The van der Waals surface area contributed by atoms with Crippen LogP contribution in [0, 0.1) is 0 Å². The molecular weight excluding hydrogens is 138 g/mol. The maximum absolute atomic E-state index is 11.2. The molecule has 0 saturated heterocycles. The van der Waals surface area contributed by atoms with Gasteiger partial charge in [0.1, 0.15) is 0 Å². The van der Waals surface area contributed by atoms with E-state index in [1.807, 2.05) is 18.7 Å². The second-order valence-electron chi connectivity index (χ2n) is 3.27. The fraction of sp³-hybridized carbons (Fsp3) is 0.667. The van der Waals surface area contributed by atoms with E-state index >= 15 is 0 Å². The summed E-state index contributed by atoms with van der Waals surface area (Å²) in [4.78, 5) is 13.2. The Balaban J connectivity index is 2.57. The Kier molecular flexibility index (Phi) is 2.32. The van der Waals surface area contributed by atoms with Crippen LogP contribution >= 0.6 is 0 Å². The van der Waals surface area contributed by atoms with Gasteiger partial charge in [-0.3, -0.25) is 4.79 Å². The van der Waals surface area contributed by atoms with Crippen LogP contribution in [-0.4, -0.2) is 22.9 Å². The third kappa shape index (κ3) is 1.82. The minimum Gasteiger partial charge on any atom is -0.334 e. The zero-order valence-electron chi connectivity index (χ0n) is 7.21. The van der Waals surface area contributed by atoms with Crippen LogP contribution in [0.15, 0.2) is 12.7 Å². The monoisotopic (exact) mass is 153 g/mol. The van der Waals surface area contributed by atoms with Crippen molar-refractivity contribution in [1.82, 2.24) is 4.90 Å². The van der Waals surface area contributed by atoms with Crippen molar-refractivity contribution in [3.8, 4) is 0 Å².